The fourth-order valence-electron chi connectivity index (χ4n) is 6.71. The SMILES string of the molecule is CC[C@H]1CC[C@@H](Oc2ccc3cc(CCN4C5CCC[C@@H]4CC(C(=O)O)C5)ccc3c2Cl)CC1. The standard InChI is InChI=1S/C29H38ClNO3/c1-2-19-6-10-25(11-7-19)34-27-13-9-21-16-20(8-12-26(21)28(27)30)14-15-31-23-4-3-5-24(31)18-22(17-23)29(32)33/h8-9,12-13,16,19,22-25H,2-7,10-11,14-15,17-18H2,1H3,(H,32,33)/t19-,22?,23-,24?,25+/m1/s1. The number of hydrogen-bond acceptors (Lipinski definition) is 3. The number of halogens is 1. The third-order valence-electron chi connectivity index (χ3n) is 8.78. The number of fused-ring (bicyclic) bond motifs is 3. The van der Waals surface area contributed by atoms with Gasteiger partial charge in [-0.25, -0.2) is 0 Å². The highest BCUT2D eigenvalue weighted by Gasteiger charge is 2.40. The van der Waals surface area contributed by atoms with Crippen LogP contribution in [0.25, 0.3) is 10.8 Å². The highest BCUT2D eigenvalue weighted by Crippen LogP contribution is 2.38. The van der Waals surface area contributed by atoms with Gasteiger partial charge in [-0.1, -0.05) is 55.6 Å². The van der Waals surface area contributed by atoms with E-state index in [9.17, 15) is 9.90 Å². The molecule has 5 rings (SSSR count). The zero-order chi connectivity index (χ0) is 23.7. The van der Waals surface area contributed by atoms with Gasteiger partial charge in [0.1, 0.15) is 5.75 Å². The third kappa shape index (κ3) is 5.09. The first kappa shape index (κ1) is 23.9. The molecule has 2 aromatic carbocycles. The minimum Gasteiger partial charge on any atom is -0.489 e. The van der Waals surface area contributed by atoms with Gasteiger partial charge in [-0.2, -0.15) is 0 Å². The minimum atomic E-state index is -0.611. The van der Waals surface area contributed by atoms with Crippen LogP contribution < -0.4 is 4.74 Å². The van der Waals surface area contributed by atoms with Gasteiger partial charge in [-0.3, -0.25) is 9.69 Å². The highest BCUT2D eigenvalue weighted by molar-refractivity contribution is 6.37. The monoisotopic (exact) mass is 483 g/mol. The first-order valence-corrected chi connectivity index (χ1v) is 13.8. The summed E-state index contributed by atoms with van der Waals surface area (Å²) < 4.78 is 6.33. The molecule has 184 valence electrons. The Morgan fingerprint density at radius 1 is 1.06 bits per heavy atom. The molecule has 1 saturated carbocycles. The molecule has 34 heavy (non-hydrogen) atoms. The molecule has 1 N–H and O–H groups in total. The number of piperidine rings is 2. The van der Waals surface area contributed by atoms with Crippen molar-refractivity contribution in [3.8, 4) is 5.75 Å². The van der Waals surface area contributed by atoms with Crippen LogP contribution in [0, 0.1) is 11.8 Å². The van der Waals surface area contributed by atoms with Crippen LogP contribution in [-0.4, -0.2) is 40.7 Å². The van der Waals surface area contributed by atoms with Crippen LogP contribution in [0.1, 0.15) is 76.7 Å². The van der Waals surface area contributed by atoms with Gasteiger partial charge < -0.3 is 9.84 Å². The minimum absolute atomic E-state index is 0.160. The number of nitrogens with zero attached hydrogens (tertiary/aromatic N) is 1. The molecule has 2 heterocycles. The summed E-state index contributed by atoms with van der Waals surface area (Å²) in [6.07, 6.45) is 12.4. The maximum atomic E-state index is 11.5. The van der Waals surface area contributed by atoms with Gasteiger partial charge in [0.25, 0.3) is 0 Å². The number of benzene rings is 2. The quantitative estimate of drug-likeness (QED) is 0.456. The second-order valence-electron chi connectivity index (χ2n) is 10.8. The van der Waals surface area contributed by atoms with Crippen molar-refractivity contribution in [1.29, 1.82) is 0 Å². The van der Waals surface area contributed by atoms with Crippen molar-refractivity contribution in [3.63, 3.8) is 0 Å². The number of carboxylic acid groups (broad SMARTS) is 1. The summed E-state index contributed by atoms with van der Waals surface area (Å²) in [6.45, 7) is 3.29. The second-order valence-corrected chi connectivity index (χ2v) is 11.2. The number of carbonyl (C=O) groups is 1. The van der Waals surface area contributed by atoms with E-state index in [1.807, 2.05) is 6.07 Å². The fourth-order valence-corrected chi connectivity index (χ4v) is 6.99. The summed E-state index contributed by atoms with van der Waals surface area (Å²) >= 11 is 6.79. The first-order valence-electron chi connectivity index (χ1n) is 13.4. The van der Waals surface area contributed by atoms with E-state index < -0.39 is 5.97 Å². The van der Waals surface area contributed by atoms with Crippen molar-refractivity contribution in [2.45, 2.75) is 95.7 Å². The lowest BCUT2D eigenvalue weighted by molar-refractivity contribution is -0.146. The van der Waals surface area contributed by atoms with E-state index in [-0.39, 0.29) is 12.0 Å². The number of hydrogen-bond donors (Lipinski definition) is 1. The van der Waals surface area contributed by atoms with Gasteiger partial charge in [0.2, 0.25) is 0 Å². The largest absolute Gasteiger partial charge is 0.489 e. The molecule has 0 aromatic heterocycles. The Balaban J connectivity index is 1.23. The van der Waals surface area contributed by atoms with Gasteiger partial charge in [0.15, 0.2) is 0 Å². The zero-order valence-corrected chi connectivity index (χ0v) is 21.1. The van der Waals surface area contributed by atoms with E-state index in [1.165, 1.54) is 31.2 Å². The summed E-state index contributed by atoms with van der Waals surface area (Å²) in [7, 11) is 0. The maximum Gasteiger partial charge on any atom is 0.306 e. The second kappa shape index (κ2) is 10.5. The lowest BCUT2D eigenvalue weighted by Gasteiger charge is -2.48. The van der Waals surface area contributed by atoms with Crippen LogP contribution >= 0.6 is 11.6 Å². The summed E-state index contributed by atoms with van der Waals surface area (Å²) in [5, 5.41) is 12.5. The van der Waals surface area contributed by atoms with Crippen LogP contribution in [0.15, 0.2) is 30.3 Å². The zero-order valence-electron chi connectivity index (χ0n) is 20.3. The lowest BCUT2D eigenvalue weighted by atomic mass is 9.78. The van der Waals surface area contributed by atoms with Crippen LogP contribution in [-0.2, 0) is 11.2 Å². The molecule has 4 nitrogen and oxygen atoms in total. The van der Waals surface area contributed by atoms with Crippen molar-refractivity contribution >= 4 is 28.3 Å². The fraction of sp³-hybridized carbons (Fsp3) is 0.621. The normalized spacial score (nSPS) is 29.8. The van der Waals surface area contributed by atoms with Crippen molar-refractivity contribution in [2.24, 2.45) is 11.8 Å². The van der Waals surface area contributed by atoms with E-state index in [4.69, 9.17) is 16.3 Å². The Hall–Kier alpha value is -1.78. The van der Waals surface area contributed by atoms with Gasteiger partial charge in [0.05, 0.1) is 17.0 Å². The molecule has 5 heteroatoms. The number of ether oxygens (including phenoxy) is 1. The van der Waals surface area contributed by atoms with Crippen LogP contribution in [0.3, 0.4) is 0 Å². The molecular weight excluding hydrogens is 446 g/mol. The number of carboxylic acids is 1. The Bertz CT molecular complexity index is 1000. The Labute approximate surface area is 208 Å². The van der Waals surface area contributed by atoms with Crippen molar-refractivity contribution in [1.82, 2.24) is 4.90 Å². The van der Waals surface area contributed by atoms with Crippen LogP contribution in [0.4, 0.5) is 0 Å². The van der Waals surface area contributed by atoms with Gasteiger partial charge in [-0.15, -0.1) is 0 Å². The molecule has 3 atom stereocenters. The average molecular weight is 484 g/mol. The smallest absolute Gasteiger partial charge is 0.306 e. The number of rotatable bonds is 7. The van der Waals surface area contributed by atoms with Crippen molar-refractivity contribution < 1.29 is 14.6 Å². The average Bonchev–Trinajstić information content (AvgIpc) is 2.84. The lowest BCUT2D eigenvalue weighted by Crippen LogP contribution is -2.53. The van der Waals surface area contributed by atoms with E-state index in [2.05, 4.69) is 36.1 Å². The Morgan fingerprint density at radius 3 is 2.47 bits per heavy atom. The topological polar surface area (TPSA) is 49.8 Å². The molecule has 3 fully saturated rings. The van der Waals surface area contributed by atoms with E-state index in [0.29, 0.717) is 12.1 Å². The summed E-state index contributed by atoms with van der Waals surface area (Å²) in [5.74, 6) is 0.900. The first-order chi connectivity index (χ1) is 16.5. The molecule has 2 aromatic rings. The predicted octanol–water partition coefficient (Wildman–Crippen LogP) is 7.10. The molecule has 1 aliphatic carbocycles. The van der Waals surface area contributed by atoms with Crippen LogP contribution in [0.2, 0.25) is 5.02 Å². The molecule has 2 saturated heterocycles. The third-order valence-corrected chi connectivity index (χ3v) is 9.17. The molecule has 2 unspecified atom stereocenters. The van der Waals surface area contributed by atoms with Crippen molar-refractivity contribution in [2.75, 3.05) is 6.54 Å². The van der Waals surface area contributed by atoms with E-state index in [1.54, 1.807) is 0 Å². The number of aliphatic carboxylic acids is 1. The van der Waals surface area contributed by atoms with Crippen LogP contribution in [0.5, 0.6) is 5.75 Å². The maximum absolute atomic E-state index is 11.5. The summed E-state index contributed by atoms with van der Waals surface area (Å²) in [5.41, 5.74) is 1.31. The van der Waals surface area contributed by atoms with Gasteiger partial charge in [0, 0.05) is 24.0 Å². The molecule has 3 aliphatic rings. The molecular formula is C29H38ClNO3. The Morgan fingerprint density at radius 2 is 1.79 bits per heavy atom. The predicted molar refractivity (Wildman–Crippen MR) is 138 cm³/mol. The summed E-state index contributed by atoms with van der Waals surface area (Å²) in [6, 6.07) is 11.6. The van der Waals surface area contributed by atoms with Gasteiger partial charge in [-0.05, 0) is 80.7 Å². The molecule has 0 spiro atoms. The van der Waals surface area contributed by atoms with E-state index in [0.717, 1.165) is 79.0 Å². The molecule has 0 amide bonds. The summed E-state index contributed by atoms with van der Waals surface area (Å²) in [4.78, 5) is 14.1. The molecule has 2 aliphatic heterocycles. The van der Waals surface area contributed by atoms with Gasteiger partial charge >= 0.3 is 5.97 Å². The molecule has 0 radical (unpaired) electrons. The molecule has 2 bridgehead atoms. The Kier molecular flexibility index (Phi) is 7.36. The highest BCUT2D eigenvalue weighted by atomic mass is 35.5. The van der Waals surface area contributed by atoms with Crippen molar-refractivity contribution in [3.05, 3.63) is 40.9 Å². The van der Waals surface area contributed by atoms with E-state index >= 15 is 0 Å².